The Morgan fingerprint density at radius 3 is 2.35 bits per heavy atom. The minimum absolute atomic E-state index is 0.582. The van der Waals surface area contributed by atoms with Crippen LogP contribution in [0, 0.1) is 0 Å². The Morgan fingerprint density at radius 2 is 1.46 bits per heavy atom. The van der Waals surface area contributed by atoms with E-state index in [-0.39, 0.29) is 0 Å². The van der Waals surface area contributed by atoms with Crippen LogP contribution in [0.3, 0.4) is 0 Å². The van der Waals surface area contributed by atoms with Gasteiger partial charge in [0.1, 0.15) is 11.4 Å². The van der Waals surface area contributed by atoms with Gasteiger partial charge in [-0.05, 0) is 47.9 Å². The van der Waals surface area contributed by atoms with E-state index >= 15 is 0 Å². The molecular formula is C32H21N3OS. The largest absolute Gasteiger partial charge is 0.439 e. The van der Waals surface area contributed by atoms with Crippen LogP contribution < -0.4 is 4.74 Å². The first-order valence-corrected chi connectivity index (χ1v) is 12.9. The first-order chi connectivity index (χ1) is 18.3. The Morgan fingerprint density at radius 1 is 0.622 bits per heavy atom. The van der Waals surface area contributed by atoms with Crippen molar-refractivity contribution in [1.29, 1.82) is 0 Å². The zero-order valence-corrected chi connectivity index (χ0v) is 20.6. The van der Waals surface area contributed by atoms with Gasteiger partial charge in [0.25, 0.3) is 0 Å². The molecular weight excluding hydrogens is 474 g/mol. The monoisotopic (exact) mass is 495 g/mol. The number of para-hydroxylation sites is 1. The maximum atomic E-state index is 5.94. The second-order valence-corrected chi connectivity index (χ2v) is 9.89. The van der Waals surface area contributed by atoms with Gasteiger partial charge in [0, 0.05) is 38.4 Å². The molecule has 0 atom stereocenters. The van der Waals surface area contributed by atoms with Gasteiger partial charge in [0.2, 0.25) is 5.88 Å². The van der Waals surface area contributed by atoms with Gasteiger partial charge in [-0.1, -0.05) is 78.5 Å². The van der Waals surface area contributed by atoms with Crippen molar-refractivity contribution in [3.63, 3.8) is 0 Å². The molecule has 0 aliphatic carbocycles. The molecule has 0 spiro atoms. The van der Waals surface area contributed by atoms with Crippen LogP contribution in [-0.4, -0.2) is 14.4 Å². The molecule has 0 saturated heterocycles. The average Bonchev–Trinajstić information content (AvgIpc) is 3.40. The second-order valence-electron chi connectivity index (χ2n) is 8.74. The van der Waals surface area contributed by atoms with Crippen molar-refractivity contribution >= 4 is 39.1 Å². The molecule has 3 heterocycles. The first-order valence-electron chi connectivity index (χ1n) is 12.1. The molecule has 0 unspecified atom stereocenters. The minimum Gasteiger partial charge on any atom is -0.439 e. The highest BCUT2D eigenvalue weighted by atomic mass is 32.2. The number of nitrogens with zero attached hydrogens (tertiary/aromatic N) is 3. The van der Waals surface area contributed by atoms with Crippen LogP contribution in [0.2, 0.25) is 0 Å². The highest BCUT2D eigenvalue weighted by Gasteiger charge is 2.15. The summed E-state index contributed by atoms with van der Waals surface area (Å²) in [6.07, 6.45) is 3.71. The van der Waals surface area contributed by atoms with Gasteiger partial charge < -0.3 is 4.74 Å². The van der Waals surface area contributed by atoms with Gasteiger partial charge in [-0.25, -0.2) is 9.97 Å². The number of ether oxygens (including phenoxy) is 1. The third kappa shape index (κ3) is 3.99. The molecule has 4 nitrogen and oxygen atoms in total. The van der Waals surface area contributed by atoms with E-state index in [9.17, 15) is 0 Å². The van der Waals surface area contributed by atoms with Crippen LogP contribution >= 0.6 is 11.8 Å². The van der Waals surface area contributed by atoms with E-state index in [4.69, 9.17) is 9.72 Å². The summed E-state index contributed by atoms with van der Waals surface area (Å²) in [5, 5.41) is 3.54. The van der Waals surface area contributed by atoms with E-state index < -0.39 is 0 Å². The molecule has 176 valence electrons. The van der Waals surface area contributed by atoms with Crippen molar-refractivity contribution in [2.45, 2.75) is 9.79 Å². The van der Waals surface area contributed by atoms with Crippen molar-refractivity contribution in [3.8, 4) is 22.9 Å². The molecule has 5 heteroatoms. The zero-order valence-electron chi connectivity index (χ0n) is 19.8. The standard InChI is InChI=1S/C32H21N3OS/c1-2-9-22(10-3-1)30-21-34-32-28-20-25(16-17-26(28)27-13-4-5-14-29(27)35(30)32)37-24-12-8-11-23(19-24)36-31-15-6-7-18-33-31/h1-21H. The molecule has 37 heavy (non-hydrogen) atoms. The summed E-state index contributed by atoms with van der Waals surface area (Å²) in [7, 11) is 0. The molecule has 0 aliphatic heterocycles. The lowest BCUT2D eigenvalue weighted by atomic mass is 10.1. The number of aromatic nitrogens is 3. The van der Waals surface area contributed by atoms with Crippen LogP contribution in [0.15, 0.2) is 137 Å². The second kappa shape index (κ2) is 9.12. The molecule has 0 fully saturated rings. The Bertz CT molecular complexity index is 1880. The zero-order chi connectivity index (χ0) is 24.6. The van der Waals surface area contributed by atoms with Crippen molar-refractivity contribution in [1.82, 2.24) is 14.4 Å². The Balaban J connectivity index is 1.33. The lowest BCUT2D eigenvalue weighted by Gasteiger charge is -2.12. The summed E-state index contributed by atoms with van der Waals surface area (Å²) in [4.78, 5) is 11.4. The van der Waals surface area contributed by atoms with Gasteiger partial charge in [0.05, 0.1) is 17.4 Å². The molecule has 0 N–H and O–H groups in total. The van der Waals surface area contributed by atoms with E-state index in [1.165, 1.54) is 10.8 Å². The lowest BCUT2D eigenvalue weighted by molar-refractivity contribution is 0.462. The normalized spacial score (nSPS) is 11.4. The van der Waals surface area contributed by atoms with Gasteiger partial charge in [-0.3, -0.25) is 4.40 Å². The van der Waals surface area contributed by atoms with Crippen molar-refractivity contribution in [3.05, 3.63) is 128 Å². The Hall–Kier alpha value is -4.61. The molecule has 0 bridgehead atoms. The third-order valence-electron chi connectivity index (χ3n) is 6.40. The van der Waals surface area contributed by atoms with Crippen LogP contribution in [-0.2, 0) is 0 Å². The van der Waals surface area contributed by atoms with Crippen molar-refractivity contribution in [2.24, 2.45) is 0 Å². The topological polar surface area (TPSA) is 39.4 Å². The maximum absolute atomic E-state index is 5.94. The highest BCUT2D eigenvalue weighted by Crippen LogP contribution is 2.37. The molecule has 4 aromatic carbocycles. The lowest BCUT2D eigenvalue weighted by Crippen LogP contribution is -1.94. The van der Waals surface area contributed by atoms with Crippen LogP contribution in [0.25, 0.3) is 38.6 Å². The third-order valence-corrected chi connectivity index (χ3v) is 7.38. The molecule has 7 rings (SSSR count). The number of rotatable bonds is 5. The molecule has 3 aromatic heterocycles. The predicted octanol–water partition coefficient (Wildman–Crippen LogP) is 8.65. The molecule has 0 amide bonds. The minimum atomic E-state index is 0.582. The Kier molecular flexibility index (Phi) is 5.34. The van der Waals surface area contributed by atoms with Crippen LogP contribution in [0.5, 0.6) is 11.6 Å². The Labute approximate surface area is 218 Å². The summed E-state index contributed by atoms with van der Waals surface area (Å²) >= 11 is 1.71. The van der Waals surface area contributed by atoms with Gasteiger partial charge in [-0.15, -0.1) is 0 Å². The fraction of sp³-hybridized carbons (Fsp3) is 0. The van der Waals surface area contributed by atoms with E-state index in [1.807, 2.05) is 48.7 Å². The number of hydrogen-bond acceptors (Lipinski definition) is 4. The van der Waals surface area contributed by atoms with Crippen molar-refractivity contribution in [2.75, 3.05) is 0 Å². The molecule has 0 aliphatic rings. The molecule has 0 saturated carbocycles. The maximum Gasteiger partial charge on any atom is 0.219 e. The van der Waals surface area contributed by atoms with Crippen LogP contribution in [0.4, 0.5) is 0 Å². The van der Waals surface area contributed by atoms with Crippen molar-refractivity contribution < 1.29 is 4.74 Å². The number of hydrogen-bond donors (Lipinski definition) is 0. The molecule has 7 aromatic rings. The van der Waals surface area contributed by atoms with Crippen LogP contribution in [0.1, 0.15) is 0 Å². The van der Waals surface area contributed by atoms with Gasteiger partial charge in [-0.2, -0.15) is 0 Å². The van der Waals surface area contributed by atoms with Gasteiger partial charge >= 0.3 is 0 Å². The SMILES string of the molecule is c1ccc(-c2cnc3c4cc(Sc5cccc(Oc6ccccn6)c5)ccc4c4ccccc4n23)cc1. The smallest absolute Gasteiger partial charge is 0.219 e. The van der Waals surface area contributed by atoms with Gasteiger partial charge in [0.15, 0.2) is 0 Å². The summed E-state index contributed by atoms with van der Waals surface area (Å²) in [6, 6.07) is 39.4. The van der Waals surface area contributed by atoms with E-state index in [1.54, 1.807) is 18.0 Å². The summed E-state index contributed by atoms with van der Waals surface area (Å²) < 4.78 is 8.22. The predicted molar refractivity (Wildman–Crippen MR) is 151 cm³/mol. The highest BCUT2D eigenvalue weighted by molar-refractivity contribution is 7.99. The summed E-state index contributed by atoms with van der Waals surface area (Å²) in [5.41, 5.74) is 4.35. The number of pyridine rings is 2. The number of imidazole rings is 1. The first kappa shape index (κ1) is 21.7. The molecule has 0 radical (unpaired) electrons. The van der Waals surface area contributed by atoms with E-state index in [0.29, 0.717) is 5.88 Å². The summed E-state index contributed by atoms with van der Waals surface area (Å²) in [6.45, 7) is 0. The van der Waals surface area contributed by atoms with E-state index in [2.05, 4.69) is 82.2 Å². The fourth-order valence-electron chi connectivity index (χ4n) is 4.77. The average molecular weight is 496 g/mol. The fourth-order valence-corrected chi connectivity index (χ4v) is 5.67. The number of fused-ring (bicyclic) bond motifs is 6. The quantitative estimate of drug-likeness (QED) is 0.224. The number of benzene rings is 4. The summed E-state index contributed by atoms with van der Waals surface area (Å²) in [5.74, 6) is 1.34. The van der Waals surface area contributed by atoms with E-state index in [0.717, 1.165) is 43.3 Å².